The zero-order valence-corrected chi connectivity index (χ0v) is 11.7. The van der Waals surface area contributed by atoms with Gasteiger partial charge in [0, 0.05) is 16.9 Å². The largest absolute Gasteiger partial charge is 0.352 e. The lowest BCUT2D eigenvalue weighted by molar-refractivity contribution is 0.0944. The Morgan fingerprint density at radius 2 is 1.94 bits per heavy atom. The lowest BCUT2D eigenvalue weighted by Gasteiger charge is -2.27. The Balaban J connectivity index is 1.86. The molecule has 1 amide bonds. The molecule has 0 radical (unpaired) electrons. The smallest absolute Gasteiger partial charge is 0.251 e. The Hall–Kier alpha value is -0.900. The molecule has 0 aromatic heterocycles. The van der Waals surface area contributed by atoms with Crippen LogP contribution in [0.1, 0.15) is 36.0 Å². The van der Waals surface area contributed by atoms with Crippen molar-refractivity contribution in [2.24, 2.45) is 5.92 Å². The van der Waals surface area contributed by atoms with E-state index in [1.165, 1.54) is 43.5 Å². The molecule has 18 heavy (non-hydrogen) atoms. The minimum absolute atomic E-state index is 0.125. The summed E-state index contributed by atoms with van der Waals surface area (Å²) in [5, 5.41) is 2.93. The van der Waals surface area contributed by atoms with E-state index in [4.69, 9.17) is 0 Å². The number of rotatable bonds is 3. The van der Waals surface area contributed by atoms with Crippen LogP contribution in [0.4, 0.5) is 4.39 Å². The Labute approximate surface area is 115 Å². The first-order valence-corrected chi connectivity index (χ1v) is 7.26. The molecule has 2 atom stereocenters. The quantitative estimate of drug-likeness (QED) is 0.850. The minimum atomic E-state index is -0.320. The molecule has 1 aliphatic rings. The van der Waals surface area contributed by atoms with Gasteiger partial charge in [-0.2, -0.15) is 0 Å². The average Bonchev–Trinajstić information content (AvgIpc) is 2.38. The van der Waals surface area contributed by atoms with Crippen molar-refractivity contribution in [1.82, 2.24) is 5.32 Å². The topological polar surface area (TPSA) is 29.1 Å². The molecule has 2 unspecified atom stereocenters. The van der Waals surface area contributed by atoms with Crippen molar-refractivity contribution < 1.29 is 9.18 Å². The number of nitrogens with one attached hydrogen (secondary N) is 1. The molecule has 4 heteroatoms. The number of halogens is 2. The molecule has 2 rings (SSSR count). The molecule has 2 nitrogen and oxygen atoms in total. The molecule has 0 spiro atoms. The number of hydrogen-bond acceptors (Lipinski definition) is 1. The molecule has 1 saturated carbocycles. The van der Waals surface area contributed by atoms with Gasteiger partial charge in [0.15, 0.2) is 0 Å². The summed E-state index contributed by atoms with van der Waals surface area (Å²) in [6.07, 6.45) is 4.83. The molecule has 98 valence electrons. The number of benzene rings is 1. The van der Waals surface area contributed by atoms with Crippen molar-refractivity contribution in [2.75, 3.05) is 6.54 Å². The van der Waals surface area contributed by atoms with Crippen molar-refractivity contribution in [3.05, 3.63) is 35.6 Å². The number of carbonyl (C=O) groups is 1. The number of amides is 1. The molecule has 1 fully saturated rings. The van der Waals surface area contributed by atoms with Crippen LogP contribution in [0.3, 0.4) is 0 Å². The standard InChI is InChI=1S/C14H17BrFNO/c15-13-4-2-1-3-11(13)9-17-14(18)10-5-7-12(16)8-6-10/h5-8,11,13H,1-4,9H2,(H,17,18). The average molecular weight is 314 g/mol. The summed E-state index contributed by atoms with van der Waals surface area (Å²) in [4.78, 5) is 12.4. The van der Waals surface area contributed by atoms with E-state index in [1.807, 2.05) is 0 Å². The maximum absolute atomic E-state index is 12.7. The van der Waals surface area contributed by atoms with Gasteiger partial charge in [-0.05, 0) is 43.0 Å². The van der Waals surface area contributed by atoms with Gasteiger partial charge in [0.1, 0.15) is 5.82 Å². The van der Waals surface area contributed by atoms with Crippen LogP contribution in [0.25, 0.3) is 0 Å². The molecule has 0 saturated heterocycles. The Morgan fingerprint density at radius 1 is 1.28 bits per heavy atom. The summed E-state index contributed by atoms with van der Waals surface area (Å²) < 4.78 is 12.7. The molecule has 1 aromatic rings. The van der Waals surface area contributed by atoms with Crippen LogP contribution in [0.2, 0.25) is 0 Å². The second-order valence-corrected chi connectivity index (χ2v) is 5.95. The fourth-order valence-corrected chi connectivity index (χ4v) is 3.09. The van der Waals surface area contributed by atoms with Gasteiger partial charge in [-0.25, -0.2) is 4.39 Å². The van der Waals surface area contributed by atoms with E-state index in [-0.39, 0.29) is 11.7 Å². The normalized spacial score (nSPS) is 23.7. The molecule has 0 aliphatic heterocycles. The second-order valence-electron chi connectivity index (χ2n) is 4.78. The summed E-state index contributed by atoms with van der Waals surface area (Å²) in [6.45, 7) is 0.687. The molecule has 0 bridgehead atoms. The lowest BCUT2D eigenvalue weighted by atomic mass is 9.89. The highest BCUT2D eigenvalue weighted by atomic mass is 79.9. The van der Waals surface area contributed by atoms with E-state index in [1.54, 1.807) is 0 Å². The first kappa shape index (κ1) is 13.5. The van der Waals surface area contributed by atoms with Crippen LogP contribution in [0.15, 0.2) is 24.3 Å². The third-order valence-electron chi connectivity index (χ3n) is 3.45. The van der Waals surface area contributed by atoms with Gasteiger partial charge < -0.3 is 5.32 Å². The van der Waals surface area contributed by atoms with Gasteiger partial charge in [0.2, 0.25) is 0 Å². The Kier molecular flexibility index (Phi) is 4.75. The number of alkyl halides is 1. The molecule has 1 aliphatic carbocycles. The monoisotopic (exact) mass is 313 g/mol. The fourth-order valence-electron chi connectivity index (χ4n) is 2.32. The lowest BCUT2D eigenvalue weighted by Crippen LogP contribution is -2.34. The summed E-state index contributed by atoms with van der Waals surface area (Å²) in [5.74, 6) is 0.0581. The first-order chi connectivity index (χ1) is 8.66. The maximum Gasteiger partial charge on any atom is 0.251 e. The van der Waals surface area contributed by atoms with Crippen molar-refractivity contribution in [3.8, 4) is 0 Å². The van der Waals surface area contributed by atoms with Crippen LogP contribution in [-0.4, -0.2) is 17.3 Å². The van der Waals surface area contributed by atoms with Gasteiger partial charge >= 0.3 is 0 Å². The predicted molar refractivity (Wildman–Crippen MR) is 73.4 cm³/mol. The van der Waals surface area contributed by atoms with Crippen LogP contribution in [0.5, 0.6) is 0 Å². The van der Waals surface area contributed by atoms with Crippen molar-refractivity contribution >= 4 is 21.8 Å². The minimum Gasteiger partial charge on any atom is -0.352 e. The van der Waals surface area contributed by atoms with Crippen LogP contribution < -0.4 is 5.32 Å². The van der Waals surface area contributed by atoms with Gasteiger partial charge in [-0.3, -0.25) is 4.79 Å². The third-order valence-corrected chi connectivity index (χ3v) is 4.65. The van der Waals surface area contributed by atoms with Gasteiger partial charge in [-0.1, -0.05) is 28.8 Å². The van der Waals surface area contributed by atoms with Crippen molar-refractivity contribution in [3.63, 3.8) is 0 Å². The molecule has 1 aromatic carbocycles. The van der Waals surface area contributed by atoms with Gasteiger partial charge in [0.05, 0.1) is 0 Å². The fraction of sp³-hybridized carbons (Fsp3) is 0.500. The Morgan fingerprint density at radius 3 is 2.61 bits per heavy atom. The van der Waals surface area contributed by atoms with Crippen molar-refractivity contribution in [1.29, 1.82) is 0 Å². The van der Waals surface area contributed by atoms with Gasteiger partial charge in [-0.15, -0.1) is 0 Å². The summed E-state index contributed by atoms with van der Waals surface area (Å²) in [5.41, 5.74) is 0.512. The highest BCUT2D eigenvalue weighted by molar-refractivity contribution is 9.09. The van der Waals surface area contributed by atoms with E-state index in [9.17, 15) is 9.18 Å². The summed E-state index contributed by atoms with van der Waals surface area (Å²) in [7, 11) is 0. The SMILES string of the molecule is O=C(NCC1CCCCC1Br)c1ccc(F)cc1. The molecular weight excluding hydrogens is 297 g/mol. The first-order valence-electron chi connectivity index (χ1n) is 6.34. The van der Waals surface area contributed by atoms with E-state index in [0.29, 0.717) is 22.9 Å². The van der Waals surface area contributed by atoms with E-state index >= 15 is 0 Å². The summed E-state index contributed by atoms with van der Waals surface area (Å²) in [6, 6.07) is 5.64. The zero-order chi connectivity index (χ0) is 13.0. The second kappa shape index (κ2) is 6.32. The maximum atomic E-state index is 12.7. The van der Waals surface area contributed by atoms with Crippen LogP contribution in [-0.2, 0) is 0 Å². The van der Waals surface area contributed by atoms with E-state index in [0.717, 1.165) is 6.42 Å². The number of carbonyl (C=O) groups excluding carboxylic acids is 1. The highest BCUT2D eigenvalue weighted by Crippen LogP contribution is 2.29. The molecule has 0 heterocycles. The Bertz CT molecular complexity index is 407. The predicted octanol–water partition coefficient (Wildman–Crippen LogP) is 3.51. The highest BCUT2D eigenvalue weighted by Gasteiger charge is 2.23. The van der Waals surface area contributed by atoms with Gasteiger partial charge in [0.25, 0.3) is 5.91 Å². The molecule has 1 N–H and O–H groups in total. The van der Waals surface area contributed by atoms with E-state index < -0.39 is 0 Å². The van der Waals surface area contributed by atoms with Crippen LogP contribution in [0, 0.1) is 11.7 Å². The van der Waals surface area contributed by atoms with Crippen molar-refractivity contribution in [2.45, 2.75) is 30.5 Å². The number of hydrogen-bond donors (Lipinski definition) is 1. The molecular formula is C14H17BrFNO. The third kappa shape index (κ3) is 3.55. The zero-order valence-electron chi connectivity index (χ0n) is 10.2. The summed E-state index contributed by atoms with van der Waals surface area (Å²) >= 11 is 3.67. The van der Waals surface area contributed by atoms with E-state index in [2.05, 4.69) is 21.2 Å². The van der Waals surface area contributed by atoms with Crippen LogP contribution >= 0.6 is 15.9 Å².